The second-order valence-electron chi connectivity index (χ2n) is 8.48. The van der Waals surface area contributed by atoms with Gasteiger partial charge in [0.2, 0.25) is 5.88 Å². The highest BCUT2D eigenvalue weighted by Gasteiger charge is 2.23. The normalized spacial score (nSPS) is 15.1. The number of anilines is 2. The lowest BCUT2D eigenvalue weighted by Gasteiger charge is -2.32. The molecule has 1 fully saturated rings. The number of nitrogens with zero attached hydrogens (tertiary/aromatic N) is 7. The van der Waals surface area contributed by atoms with Crippen molar-refractivity contribution in [2.75, 3.05) is 29.8 Å². The second kappa shape index (κ2) is 8.60. The number of rotatable bonds is 6. The van der Waals surface area contributed by atoms with Crippen LogP contribution < -0.4 is 14.4 Å². The Morgan fingerprint density at radius 3 is 2.68 bits per heavy atom. The lowest BCUT2D eigenvalue weighted by Crippen LogP contribution is -2.32. The van der Waals surface area contributed by atoms with Gasteiger partial charge in [-0.15, -0.1) is 0 Å². The summed E-state index contributed by atoms with van der Waals surface area (Å²) in [5.74, 6) is 1.43. The molecule has 4 aromatic rings. The van der Waals surface area contributed by atoms with Crippen LogP contribution in [0, 0.1) is 5.92 Å². The summed E-state index contributed by atoms with van der Waals surface area (Å²) in [6.45, 7) is 4.25. The number of piperidine rings is 1. The van der Waals surface area contributed by atoms with Gasteiger partial charge in [0.1, 0.15) is 10.6 Å². The van der Waals surface area contributed by atoms with Crippen LogP contribution in [0.15, 0.2) is 48.0 Å². The summed E-state index contributed by atoms with van der Waals surface area (Å²) in [7, 11) is -0.835. The van der Waals surface area contributed by atoms with Crippen molar-refractivity contribution in [1.29, 1.82) is 0 Å². The molecule has 0 radical (unpaired) electrons. The third-order valence-electron chi connectivity index (χ3n) is 6.15. The first-order valence-electron chi connectivity index (χ1n) is 11.0. The van der Waals surface area contributed by atoms with E-state index in [-0.39, 0.29) is 16.5 Å². The standard InChI is InChI=1S/C22H26N8O3S/c1-15-5-8-29(9-6-15)17-4-7-23-19(10-17)30-14-18(13-26-30)34(31,32)27-20-21-16(12-25-28(21)2)11-24-22(20)33-3/h4,7,10-15,27H,5-6,8-9H2,1-3H3. The van der Waals surface area contributed by atoms with E-state index in [0.717, 1.165) is 37.5 Å². The predicted molar refractivity (Wildman–Crippen MR) is 128 cm³/mol. The monoisotopic (exact) mass is 482 g/mol. The summed E-state index contributed by atoms with van der Waals surface area (Å²) < 4.78 is 37.4. The third kappa shape index (κ3) is 4.04. The average molecular weight is 483 g/mol. The maximum atomic E-state index is 13.2. The van der Waals surface area contributed by atoms with Crippen LogP contribution in [0.2, 0.25) is 0 Å². The Kier molecular flexibility index (Phi) is 5.60. The maximum Gasteiger partial charge on any atom is 0.265 e. The zero-order valence-corrected chi connectivity index (χ0v) is 20.0. The molecule has 0 aromatic carbocycles. The number of nitrogens with one attached hydrogen (secondary N) is 1. The van der Waals surface area contributed by atoms with Crippen LogP contribution in [0.1, 0.15) is 19.8 Å². The highest BCUT2D eigenvalue weighted by Crippen LogP contribution is 2.32. The number of sulfonamides is 1. The molecule has 0 bridgehead atoms. The first-order valence-corrected chi connectivity index (χ1v) is 12.5. The minimum Gasteiger partial charge on any atom is -0.479 e. The average Bonchev–Trinajstić information content (AvgIpc) is 3.48. The van der Waals surface area contributed by atoms with Gasteiger partial charge in [0, 0.05) is 49.7 Å². The van der Waals surface area contributed by atoms with Crippen molar-refractivity contribution >= 4 is 32.3 Å². The first kappa shape index (κ1) is 22.1. The molecule has 0 atom stereocenters. The zero-order chi connectivity index (χ0) is 23.9. The minimum absolute atomic E-state index is 0.00674. The van der Waals surface area contributed by atoms with Gasteiger partial charge in [-0.2, -0.15) is 10.2 Å². The van der Waals surface area contributed by atoms with Crippen LogP contribution >= 0.6 is 0 Å². The summed E-state index contributed by atoms with van der Waals surface area (Å²) in [6, 6.07) is 3.89. The molecule has 1 N–H and O–H groups in total. The third-order valence-corrected chi connectivity index (χ3v) is 7.45. The maximum absolute atomic E-state index is 13.2. The molecule has 1 aliphatic heterocycles. The summed E-state index contributed by atoms with van der Waals surface area (Å²) in [6.07, 6.45) is 9.94. The largest absolute Gasteiger partial charge is 0.479 e. The predicted octanol–water partition coefficient (Wildman–Crippen LogP) is 2.59. The van der Waals surface area contributed by atoms with Crippen molar-refractivity contribution in [3.05, 3.63) is 43.1 Å². The molecular formula is C22H26N8O3S. The van der Waals surface area contributed by atoms with E-state index < -0.39 is 10.0 Å². The fraction of sp³-hybridized carbons (Fsp3) is 0.364. The molecule has 1 saturated heterocycles. The molecule has 5 heterocycles. The van der Waals surface area contributed by atoms with Gasteiger partial charge in [-0.05, 0) is 24.8 Å². The molecule has 4 aromatic heterocycles. The molecule has 178 valence electrons. The topological polar surface area (TPSA) is 120 Å². The molecule has 34 heavy (non-hydrogen) atoms. The first-order chi connectivity index (χ1) is 16.4. The van der Waals surface area contributed by atoms with E-state index >= 15 is 0 Å². The van der Waals surface area contributed by atoms with Crippen molar-refractivity contribution in [3.63, 3.8) is 0 Å². The van der Waals surface area contributed by atoms with E-state index in [9.17, 15) is 8.42 Å². The fourth-order valence-corrected chi connectivity index (χ4v) is 5.15. The number of fused-ring (bicyclic) bond motifs is 1. The summed E-state index contributed by atoms with van der Waals surface area (Å²) in [4.78, 5) is 10.9. The van der Waals surface area contributed by atoms with E-state index in [1.807, 2.05) is 12.1 Å². The number of pyridine rings is 2. The molecule has 5 rings (SSSR count). The van der Waals surface area contributed by atoms with Crippen molar-refractivity contribution in [1.82, 2.24) is 29.5 Å². The van der Waals surface area contributed by atoms with Crippen LogP contribution in [-0.2, 0) is 17.1 Å². The molecule has 12 heteroatoms. The number of hydrogen-bond donors (Lipinski definition) is 1. The fourth-order valence-electron chi connectivity index (χ4n) is 4.16. The second-order valence-corrected chi connectivity index (χ2v) is 10.2. The molecule has 0 saturated carbocycles. The molecule has 1 aliphatic rings. The van der Waals surface area contributed by atoms with Crippen molar-refractivity contribution in [3.8, 4) is 11.7 Å². The van der Waals surface area contributed by atoms with Gasteiger partial charge < -0.3 is 9.64 Å². The van der Waals surface area contributed by atoms with Gasteiger partial charge in [-0.3, -0.25) is 9.40 Å². The van der Waals surface area contributed by atoms with E-state index in [1.54, 1.807) is 30.3 Å². The van der Waals surface area contributed by atoms with Gasteiger partial charge in [-0.1, -0.05) is 6.92 Å². The van der Waals surface area contributed by atoms with E-state index in [4.69, 9.17) is 4.74 Å². The molecule has 0 amide bonds. The van der Waals surface area contributed by atoms with Crippen LogP contribution in [0.25, 0.3) is 16.7 Å². The molecule has 0 unspecified atom stereocenters. The highest BCUT2D eigenvalue weighted by atomic mass is 32.2. The van der Waals surface area contributed by atoms with Crippen molar-refractivity contribution < 1.29 is 13.2 Å². The van der Waals surface area contributed by atoms with E-state index in [2.05, 4.69) is 36.7 Å². The minimum atomic E-state index is -3.99. The van der Waals surface area contributed by atoms with E-state index in [1.165, 1.54) is 24.2 Å². The van der Waals surface area contributed by atoms with Gasteiger partial charge in [-0.25, -0.2) is 23.1 Å². The number of aryl methyl sites for hydroxylation is 1. The molecule has 0 spiro atoms. The Hall–Kier alpha value is -3.67. The molecule has 11 nitrogen and oxygen atoms in total. The number of aromatic nitrogens is 6. The van der Waals surface area contributed by atoms with Crippen LogP contribution in [0.4, 0.5) is 11.4 Å². The van der Waals surface area contributed by atoms with E-state index in [0.29, 0.717) is 16.7 Å². The SMILES string of the molecule is COc1ncc2cnn(C)c2c1NS(=O)(=O)c1cnn(-c2cc(N3CCC(C)CC3)ccn2)c1. The summed E-state index contributed by atoms with van der Waals surface area (Å²) >= 11 is 0. The van der Waals surface area contributed by atoms with Crippen LogP contribution in [-0.4, -0.2) is 58.1 Å². The Bertz CT molecular complexity index is 1440. The molecule has 0 aliphatic carbocycles. The van der Waals surface area contributed by atoms with Crippen molar-refractivity contribution in [2.24, 2.45) is 13.0 Å². The quantitative estimate of drug-likeness (QED) is 0.445. The number of methoxy groups -OCH3 is 1. The number of ether oxygens (including phenoxy) is 1. The van der Waals surface area contributed by atoms with Crippen LogP contribution in [0.5, 0.6) is 5.88 Å². The Morgan fingerprint density at radius 2 is 1.91 bits per heavy atom. The van der Waals surface area contributed by atoms with Gasteiger partial charge >= 0.3 is 0 Å². The Balaban J connectivity index is 1.44. The van der Waals surface area contributed by atoms with Crippen molar-refractivity contribution in [2.45, 2.75) is 24.7 Å². The summed E-state index contributed by atoms with van der Waals surface area (Å²) in [5.41, 5.74) is 1.83. The lowest BCUT2D eigenvalue weighted by molar-refractivity contribution is 0.400. The van der Waals surface area contributed by atoms with Gasteiger partial charge in [0.05, 0.1) is 31.2 Å². The zero-order valence-electron chi connectivity index (χ0n) is 19.2. The molecular weight excluding hydrogens is 456 g/mol. The van der Waals surface area contributed by atoms with Gasteiger partial charge in [0.15, 0.2) is 5.82 Å². The Labute approximate surface area is 197 Å². The van der Waals surface area contributed by atoms with Gasteiger partial charge in [0.25, 0.3) is 10.0 Å². The van der Waals surface area contributed by atoms with Crippen LogP contribution in [0.3, 0.4) is 0 Å². The summed E-state index contributed by atoms with van der Waals surface area (Å²) in [5, 5.41) is 9.13. The Morgan fingerprint density at radius 1 is 1.12 bits per heavy atom. The number of hydrogen-bond acceptors (Lipinski definition) is 8. The highest BCUT2D eigenvalue weighted by molar-refractivity contribution is 7.92. The smallest absolute Gasteiger partial charge is 0.265 e. The lowest BCUT2D eigenvalue weighted by atomic mass is 9.99.